The van der Waals surface area contributed by atoms with Gasteiger partial charge in [0.25, 0.3) is 0 Å². The molecule has 0 atom stereocenters. The minimum atomic E-state index is -2.91. The lowest BCUT2D eigenvalue weighted by molar-refractivity contribution is 0.592. The molecule has 6 nitrogen and oxygen atoms in total. The molecule has 0 bridgehead atoms. The average Bonchev–Trinajstić information content (AvgIpc) is 1.86. The molecule has 0 rings (SSSR count). The van der Waals surface area contributed by atoms with E-state index in [-0.39, 0.29) is 7.43 Å². The van der Waals surface area contributed by atoms with Gasteiger partial charge in [-0.05, 0) is 14.1 Å². The Morgan fingerprint density at radius 3 is 0.846 bits per heavy atom. The lowest BCUT2D eigenvalue weighted by Gasteiger charge is -1.85. The van der Waals surface area contributed by atoms with Gasteiger partial charge in [0.2, 0.25) is 20.0 Å². The fourth-order valence-corrected chi connectivity index (χ4v) is 0. The minimum absolute atomic E-state index is 0. The number of hydrogen-bond acceptors (Lipinski definition) is 4. The van der Waals surface area contributed by atoms with Crippen molar-refractivity contribution in [3.05, 3.63) is 0 Å². The van der Waals surface area contributed by atoms with E-state index >= 15 is 0 Å². The first-order valence-electron chi connectivity index (χ1n) is 2.89. The van der Waals surface area contributed by atoms with Crippen molar-refractivity contribution in [3.63, 3.8) is 0 Å². The molecule has 0 aromatic heterocycles. The summed E-state index contributed by atoms with van der Waals surface area (Å²) in [5, 5.41) is 0. The predicted octanol–water partition coefficient (Wildman–Crippen LogP) is -1.03. The smallest absolute Gasteiger partial charge is 0.208 e. The molecule has 8 heteroatoms. The maximum atomic E-state index is 9.89. The Balaban J connectivity index is -0.000000143. The molecule has 0 unspecified atom stereocenters. The number of sulfonamides is 2. The molecule has 0 saturated carbocycles. The third kappa shape index (κ3) is 33.7. The molecule has 0 fully saturated rings. The Kier molecular flexibility index (Phi) is 10.4. The second-order valence-electron chi connectivity index (χ2n) is 1.95. The van der Waals surface area contributed by atoms with Crippen LogP contribution < -0.4 is 9.44 Å². The van der Waals surface area contributed by atoms with E-state index in [9.17, 15) is 16.8 Å². The van der Waals surface area contributed by atoms with Crippen LogP contribution in [0.5, 0.6) is 0 Å². The van der Waals surface area contributed by atoms with Crippen molar-refractivity contribution in [1.29, 1.82) is 0 Å². The zero-order chi connectivity index (χ0) is 10.4. The predicted molar refractivity (Wildman–Crippen MR) is 54.5 cm³/mol. The molecule has 0 radical (unpaired) electrons. The molecule has 0 amide bonds. The molecule has 0 aliphatic carbocycles. The van der Waals surface area contributed by atoms with Crippen LogP contribution in [0, 0.1) is 0 Å². The van der Waals surface area contributed by atoms with E-state index in [1.165, 1.54) is 14.1 Å². The molecule has 0 spiro atoms. The van der Waals surface area contributed by atoms with Crippen molar-refractivity contribution in [2.45, 2.75) is 7.43 Å². The highest BCUT2D eigenvalue weighted by Gasteiger charge is 1.88. The molecule has 2 N–H and O–H groups in total. The average molecular weight is 234 g/mol. The molecule has 13 heavy (non-hydrogen) atoms. The van der Waals surface area contributed by atoms with Crippen molar-refractivity contribution >= 4 is 20.0 Å². The highest BCUT2D eigenvalue weighted by molar-refractivity contribution is 7.88. The van der Waals surface area contributed by atoms with Gasteiger partial charge < -0.3 is 0 Å². The van der Waals surface area contributed by atoms with Crippen molar-refractivity contribution in [1.82, 2.24) is 9.44 Å². The Hall–Kier alpha value is -0.180. The summed E-state index contributed by atoms with van der Waals surface area (Å²) in [6.45, 7) is 0. The largest absolute Gasteiger partial charge is 0.219 e. The van der Waals surface area contributed by atoms with Gasteiger partial charge in [0.1, 0.15) is 0 Å². The molecule has 0 heterocycles. The van der Waals surface area contributed by atoms with E-state index in [4.69, 9.17) is 0 Å². The summed E-state index contributed by atoms with van der Waals surface area (Å²) in [4.78, 5) is 0. The summed E-state index contributed by atoms with van der Waals surface area (Å²) in [7, 11) is -3.08. The Bertz CT molecular complexity index is 260. The van der Waals surface area contributed by atoms with Gasteiger partial charge in [0.05, 0.1) is 12.5 Å². The van der Waals surface area contributed by atoms with Gasteiger partial charge in [-0.3, -0.25) is 0 Å². The zero-order valence-electron chi connectivity index (χ0n) is 7.45. The summed E-state index contributed by atoms with van der Waals surface area (Å²) in [6, 6.07) is 0. The molecule has 0 aliphatic heterocycles. The van der Waals surface area contributed by atoms with Gasteiger partial charge in [-0.25, -0.2) is 26.3 Å². The van der Waals surface area contributed by atoms with E-state index in [1.807, 2.05) is 0 Å². The Morgan fingerprint density at radius 1 is 0.769 bits per heavy atom. The summed E-state index contributed by atoms with van der Waals surface area (Å²) in [5.74, 6) is 0. The normalized spacial score (nSPS) is 10.8. The minimum Gasteiger partial charge on any atom is -0.219 e. The van der Waals surface area contributed by atoms with Crippen LogP contribution in [-0.2, 0) is 20.0 Å². The van der Waals surface area contributed by atoms with Gasteiger partial charge in [-0.1, -0.05) is 7.43 Å². The van der Waals surface area contributed by atoms with Crippen molar-refractivity contribution in [2.24, 2.45) is 0 Å². The highest BCUT2D eigenvalue weighted by Crippen LogP contribution is 1.63. The summed E-state index contributed by atoms with van der Waals surface area (Å²) < 4.78 is 43.7. The van der Waals surface area contributed by atoms with Gasteiger partial charge >= 0.3 is 0 Å². The van der Waals surface area contributed by atoms with E-state index in [0.717, 1.165) is 12.5 Å². The van der Waals surface area contributed by atoms with Crippen molar-refractivity contribution in [3.8, 4) is 0 Å². The zero-order valence-corrected chi connectivity index (χ0v) is 9.08. The van der Waals surface area contributed by atoms with E-state index in [1.54, 1.807) is 0 Å². The third-order valence-electron chi connectivity index (χ3n) is 0.742. The molecular formula is C5H18N2O4S2. The number of nitrogens with one attached hydrogen (secondary N) is 2. The lowest BCUT2D eigenvalue weighted by Crippen LogP contribution is -2.15. The maximum absolute atomic E-state index is 9.89. The summed E-state index contributed by atoms with van der Waals surface area (Å²) >= 11 is 0. The van der Waals surface area contributed by atoms with Crippen LogP contribution in [-0.4, -0.2) is 43.4 Å². The van der Waals surface area contributed by atoms with E-state index in [0.29, 0.717) is 0 Å². The highest BCUT2D eigenvalue weighted by atomic mass is 32.2. The molecule has 0 aromatic carbocycles. The van der Waals surface area contributed by atoms with Crippen LogP contribution in [0.2, 0.25) is 0 Å². The first-order valence-corrected chi connectivity index (χ1v) is 6.67. The van der Waals surface area contributed by atoms with E-state index < -0.39 is 20.0 Å². The maximum Gasteiger partial charge on any atom is 0.208 e. The number of hydrogen-bond donors (Lipinski definition) is 2. The van der Waals surface area contributed by atoms with Crippen molar-refractivity contribution in [2.75, 3.05) is 26.6 Å². The van der Waals surface area contributed by atoms with Gasteiger partial charge in [-0.15, -0.1) is 0 Å². The van der Waals surface area contributed by atoms with E-state index in [2.05, 4.69) is 9.44 Å². The standard InChI is InChI=1S/2C2H7NO2S.CH4/c2*1-3-6(2,4)5;/h2*3H,1-2H3;1H4. The topological polar surface area (TPSA) is 92.3 Å². The second-order valence-corrected chi connectivity index (χ2v) is 5.86. The van der Waals surface area contributed by atoms with Gasteiger partial charge in [-0.2, -0.15) is 0 Å². The Morgan fingerprint density at radius 2 is 0.846 bits per heavy atom. The Labute approximate surface area is 80.8 Å². The SMILES string of the molecule is C.CNS(C)(=O)=O.CNS(C)(=O)=O. The summed E-state index contributed by atoms with van der Waals surface area (Å²) in [5.41, 5.74) is 0. The first-order chi connectivity index (χ1) is 5.12. The summed E-state index contributed by atoms with van der Waals surface area (Å²) in [6.07, 6.45) is 2.21. The van der Waals surface area contributed by atoms with Crippen molar-refractivity contribution < 1.29 is 16.8 Å². The van der Waals surface area contributed by atoms with Crippen LogP contribution in [0.15, 0.2) is 0 Å². The molecule has 0 aliphatic rings. The fourth-order valence-electron chi connectivity index (χ4n) is 0. The third-order valence-corrected chi connectivity index (χ3v) is 2.22. The lowest BCUT2D eigenvalue weighted by atomic mass is 11.6. The second kappa shape index (κ2) is 7.25. The molecule has 0 aromatic rings. The number of rotatable bonds is 2. The van der Waals surface area contributed by atoms with Gasteiger partial charge in [0, 0.05) is 0 Å². The van der Waals surface area contributed by atoms with Gasteiger partial charge in [0.15, 0.2) is 0 Å². The van der Waals surface area contributed by atoms with Crippen LogP contribution in [0.1, 0.15) is 7.43 Å². The van der Waals surface area contributed by atoms with Crippen LogP contribution in [0.4, 0.5) is 0 Å². The monoisotopic (exact) mass is 234 g/mol. The van der Waals surface area contributed by atoms with Crippen LogP contribution in [0.25, 0.3) is 0 Å². The quantitative estimate of drug-likeness (QED) is 0.639. The van der Waals surface area contributed by atoms with Crippen LogP contribution >= 0.6 is 0 Å². The molecule has 0 saturated heterocycles. The van der Waals surface area contributed by atoms with Crippen LogP contribution in [0.3, 0.4) is 0 Å². The fraction of sp³-hybridized carbons (Fsp3) is 1.00. The first kappa shape index (κ1) is 18.6. The molecule has 84 valence electrons. The molecular weight excluding hydrogens is 216 g/mol.